The molecule has 0 saturated carbocycles. The molecule has 4 nitrogen and oxygen atoms in total. The highest BCUT2D eigenvalue weighted by Crippen LogP contribution is 2.16. The molecule has 0 radical (unpaired) electrons. The summed E-state index contributed by atoms with van der Waals surface area (Å²) in [5.41, 5.74) is 2.59. The van der Waals surface area contributed by atoms with E-state index >= 15 is 0 Å². The zero-order valence-electron chi connectivity index (χ0n) is 15.0. The second kappa shape index (κ2) is 9.51. The van der Waals surface area contributed by atoms with E-state index < -0.39 is 0 Å². The minimum atomic E-state index is -0.179. The van der Waals surface area contributed by atoms with E-state index in [9.17, 15) is 9.59 Å². The Hall–Kier alpha value is -2.17. The molecular weight excluding hydrogens is 348 g/mol. The summed E-state index contributed by atoms with van der Waals surface area (Å²) in [6, 6.07) is 14.5. The van der Waals surface area contributed by atoms with Crippen molar-refractivity contribution in [2.75, 3.05) is 19.6 Å². The molecule has 0 aliphatic carbocycles. The highest BCUT2D eigenvalue weighted by molar-refractivity contribution is 6.15. The molecule has 1 saturated heterocycles. The minimum Gasteiger partial charge on any atom is -0.352 e. The number of benzene rings is 2. The van der Waals surface area contributed by atoms with Crippen molar-refractivity contribution in [3.63, 3.8) is 0 Å². The van der Waals surface area contributed by atoms with Crippen LogP contribution in [0.5, 0.6) is 0 Å². The van der Waals surface area contributed by atoms with Gasteiger partial charge in [0.25, 0.3) is 5.91 Å². The highest BCUT2D eigenvalue weighted by atomic mass is 35.5. The standard InChI is InChI=1S/C21H24N2O2.ClH/c1-15-8-10-17(11-9-15)20(24)18-6-2-3-7-19(18)21(25)23-14-16-5-4-12-22-13-16;/h2-3,6-11,16,22H,4-5,12-14H2,1H3,(H,23,25);1H. The molecule has 5 heteroatoms. The number of piperidine rings is 1. The summed E-state index contributed by atoms with van der Waals surface area (Å²) < 4.78 is 0. The van der Waals surface area contributed by atoms with Crippen LogP contribution in [0.3, 0.4) is 0 Å². The monoisotopic (exact) mass is 372 g/mol. The number of hydrogen-bond donors (Lipinski definition) is 2. The summed E-state index contributed by atoms with van der Waals surface area (Å²) in [4.78, 5) is 25.4. The van der Waals surface area contributed by atoms with Crippen molar-refractivity contribution >= 4 is 24.1 Å². The smallest absolute Gasteiger partial charge is 0.252 e. The zero-order chi connectivity index (χ0) is 17.6. The summed E-state index contributed by atoms with van der Waals surface area (Å²) in [5, 5.41) is 6.34. The Kier molecular flexibility index (Phi) is 7.37. The first-order chi connectivity index (χ1) is 12.1. The first-order valence-corrected chi connectivity index (χ1v) is 8.84. The maximum absolute atomic E-state index is 12.8. The Morgan fingerprint density at radius 1 is 1.08 bits per heavy atom. The van der Waals surface area contributed by atoms with Crippen molar-refractivity contribution in [2.45, 2.75) is 19.8 Å². The minimum absolute atomic E-state index is 0. The van der Waals surface area contributed by atoms with Crippen LogP contribution in [0.15, 0.2) is 48.5 Å². The van der Waals surface area contributed by atoms with Crippen molar-refractivity contribution in [3.05, 3.63) is 70.8 Å². The van der Waals surface area contributed by atoms with Gasteiger partial charge in [0, 0.05) is 17.7 Å². The summed E-state index contributed by atoms with van der Waals surface area (Å²) in [6.45, 7) is 4.61. The van der Waals surface area contributed by atoms with Crippen molar-refractivity contribution in [1.82, 2.24) is 10.6 Å². The van der Waals surface area contributed by atoms with Crippen LogP contribution in [0.25, 0.3) is 0 Å². The molecule has 2 aromatic carbocycles. The summed E-state index contributed by atoms with van der Waals surface area (Å²) >= 11 is 0. The van der Waals surface area contributed by atoms with Gasteiger partial charge in [0.05, 0.1) is 5.56 Å². The lowest BCUT2D eigenvalue weighted by molar-refractivity contribution is 0.0934. The molecule has 1 atom stereocenters. The van der Waals surface area contributed by atoms with Gasteiger partial charge in [-0.05, 0) is 44.8 Å². The van der Waals surface area contributed by atoms with E-state index in [-0.39, 0.29) is 24.1 Å². The molecule has 26 heavy (non-hydrogen) atoms. The van der Waals surface area contributed by atoms with E-state index in [2.05, 4.69) is 10.6 Å². The molecule has 138 valence electrons. The number of ketones is 1. The van der Waals surface area contributed by atoms with Crippen LogP contribution >= 0.6 is 12.4 Å². The third kappa shape index (κ3) is 4.93. The summed E-state index contributed by atoms with van der Waals surface area (Å²) in [6.07, 6.45) is 2.26. The molecule has 2 aromatic rings. The van der Waals surface area contributed by atoms with Gasteiger partial charge in [-0.3, -0.25) is 9.59 Å². The number of carbonyl (C=O) groups excluding carboxylic acids is 2. The van der Waals surface area contributed by atoms with Gasteiger partial charge in [0.2, 0.25) is 0 Å². The van der Waals surface area contributed by atoms with Crippen molar-refractivity contribution in [2.24, 2.45) is 5.92 Å². The normalized spacial score (nSPS) is 16.4. The third-order valence-corrected chi connectivity index (χ3v) is 4.68. The van der Waals surface area contributed by atoms with Crippen molar-refractivity contribution in [3.8, 4) is 0 Å². The molecule has 3 rings (SSSR count). The first-order valence-electron chi connectivity index (χ1n) is 8.84. The second-order valence-electron chi connectivity index (χ2n) is 6.66. The number of aryl methyl sites for hydroxylation is 1. The maximum Gasteiger partial charge on any atom is 0.252 e. The maximum atomic E-state index is 12.8. The fourth-order valence-electron chi connectivity index (χ4n) is 3.17. The molecule has 1 aliphatic rings. The predicted octanol–water partition coefficient (Wildman–Crippen LogP) is 3.38. The molecule has 1 heterocycles. The van der Waals surface area contributed by atoms with E-state index in [1.54, 1.807) is 36.4 Å². The van der Waals surface area contributed by atoms with Crippen LogP contribution in [0, 0.1) is 12.8 Å². The molecule has 0 aromatic heterocycles. The lowest BCUT2D eigenvalue weighted by Gasteiger charge is -2.23. The first kappa shape index (κ1) is 20.1. The molecule has 0 spiro atoms. The van der Waals surface area contributed by atoms with Gasteiger partial charge in [0.1, 0.15) is 0 Å². The van der Waals surface area contributed by atoms with Crippen LogP contribution in [0.1, 0.15) is 44.7 Å². The molecule has 0 bridgehead atoms. The van der Waals surface area contributed by atoms with Gasteiger partial charge in [-0.2, -0.15) is 0 Å². The summed E-state index contributed by atoms with van der Waals surface area (Å²) in [7, 11) is 0. The number of halogens is 1. The van der Waals surface area contributed by atoms with Gasteiger partial charge < -0.3 is 10.6 Å². The lowest BCUT2D eigenvalue weighted by Crippen LogP contribution is -2.38. The van der Waals surface area contributed by atoms with E-state index in [4.69, 9.17) is 0 Å². The SMILES string of the molecule is Cc1ccc(C(=O)c2ccccc2C(=O)NCC2CCCNC2)cc1.Cl. The number of hydrogen-bond acceptors (Lipinski definition) is 3. The van der Waals surface area contributed by atoms with Crippen molar-refractivity contribution in [1.29, 1.82) is 0 Å². The second-order valence-corrected chi connectivity index (χ2v) is 6.66. The van der Waals surface area contributed by atoms with Crippen LogP contribution < -0.4 is 10.6 Å². The Balaban J connectivity index is 0.00000243. The number of nitrogens with one attached hydrogen (secondary N) is 2. The van der Waals surface area contributed by atoms with Crippen LogP contribution in [0.4, 0.5) is 0 Å². The molecule has 1 aliphatic heterocycles. The van der Waals surface area contributed by atoms with Crippen LogP contribution in [0.2, 0.25) is 0 Å². The molecule has 1 unspecified atom stereocenters. The third-order valence-electron chi connectivity index (χ3n) is 4.68. The Morgan fingerprint density at radius 3 is 2.42 bits per heavy atom. The predicted molar refractivity (Wildman–Crippen MR) is 106 cm³/mol. The van der Waals surface area contributed by atoms with Crippen LogP contribution in [-0.2, 0) is 0 Å². The Morgan fingerprint density at radius 2 is 1.77 bits per heavy atom. The van der Waals surface area contributed by atoms with Crippen molar-refractivity contribution < 1.29 is 9.59 Å². The van der Waals surface area contributed by atoms with E-state index in [1.807, 2.05) is 19.1 Å². The lowest BCUT2D eigenvalue weighted by atomic mass is 9.96. The fraction of sp³-hybridized carbons (Fsp3) is 0.333. The molecule has 1 amide bonds. The van der Waals surface area contributed by atoms with Crippen LogP contribution in [-0.4, -0.2) is 31.3 Å². The largest absolute Gasteiger partial charge is 0.352 e. The average Bonchev–Trinajstić information content (AvgIpc) is 2.67. The molecule has 1 fully saturated rings. The topological polar surface area (TPSA) is 58.2 Å². The van der Waals surface area contributed by atoms with Gasteiger partial charge in [-0.25, -0.2) is 0 Å². The quantitative estimate of drug-likeness (QED) is 0.791. The van der Waals surface area contributed by atoms with E-state index in [0.717, 1.165) is 31.5 Å². The van der Waals surface area contributed by atoms with Gasteiger partial charge >= 0.3 is 0 Å². The van der Waals surface area contributed by atoms with E-state index in [1.165, 1.54) is 0 Å². The zero-order valence-corrected chi connectivity index (χ0v) is 15.8. The number of carbonyl (C=O) groups is 2. The van der Waals surface area contributed by atoms with Gasteiger partial charge in [-0.15, -0.1) is 12.4 Å². The fourth-order valence-corrected chi connectivity index (χ4v) is 3.17. The number of rotatable bonds is 5. The average molecular weight is 373 g/mol. The molecule has 2 N–H and O–H groups in total. The van der Waals surface area contributed by atoms with E-state index in [0.29, 0.717) is 29.2 Å². The Bertz CT molecular complexity index is 753. The molecular formula is C21H25ClN2O2. The van der Waals surface area contributed by atoms with Gasteiger partial charge in [-0.1, -0.05) is 48.0 Å². The van der Waals surface area contributed by atoms with Gasteiger partial charge in [0.15, 0.2) is 5.78 Å². The Labute approximate surface area is 160 Å². The number of amides is 1. The summed E-state index contributed by atoms with van der Waals surface area (Å²) in [5.74, 6) is 0.157. The highest BCUT2D eigenvalue weighted by Gasteiger charge is 2.19.